The molecular weight excluding hydrogens is 296 g/mol. The fourth-order valence-corrected chi connectivity index (χ4v) is 3.76. The molecule has 0 saturated carbocycles. The van der Waals surface area contributed by atoms with Crippen molar-refractivity contribution in [1.82, 2.24) is 10.2 Å². The van der Waals surface area contributed by atoms with E-state index in [1.165, 1.54) is 29.7 Å². The zero-order valence-electron chi connectivity index (χ0n) is 14.1. The number of nitrogens with zero attached hydrogens (tertiary/aromatic N) is 1. The maximum absolute atomic E-state index is 12.1. The molecule has 22 heavy (non-hydrogen) atoms. The third kappa shape index (κ3) is 4.71. The van der Waals surface area contributed by atoms with Crippen LogP contribution in [0.3, 0.4) is 0 Å². The number of hydrogen-bond acceptors (Lipinski definition) is 4. The smallest absolute Gasteiger partial charge is 0.410 e. The average molecular weight is 324 g/mol. The van der Waals surface area contributed by atoms with Crippen molar-refractivity contribution < 1.29 is 9.53 Å². The van der Waals surface area contributed by atoms with Crippen LogP contribution in [0.15, 0.2) is 11.4 Å². The first-order valence-corrected chi connectivity index (χ1v) is 9.06. The van der Waals surface area contributed by atoms with E-state index < -0.39 is 5.60 Å². The molecule has 4 nitrogen and oxygen atoms in total. The van der Waals surface area contributed by atoms with Gasteiger partial charge < -0.3 is 15.0 Å². The number of hydrogen-bond donors (Lipinski definition) is 1. The van der Waals surface area contributed by atoms with Crippen LogP contribution in [0.25, 0.3) is 0 Å². The highest BCUT2D eigenvalue weighted by atomic mass is 32.1. The molecule has 2 rings (SSSR count). The lowest BCUT2D eigenvalue weighted by Gasteiger charge is -2.28. The maximum atomic E-state index is 12.1. The van der Waals surface area contributed by atoms with Crippen molar-refractivity contribution in [3.8, 4) is 0 Å². The molecule has 0 spiro atoms. The summed E-state index contributed by atoms with van der Waals surface area (Å²) in [7, 11) is 0. The second-order valence-corrected chi connectivity index (χ2v) is 7.76. The molecular formula is C17H28N2O2S. The van der Waals surface area contributed by atoms with Crippen molar-refractivity contribution in [2.45, 2.75) is 58.6 Å². The van der Waals surface area contributed by atoms with Gasteiger partial charge in [0.2, 0.25) is 0 Å². The van der Waals surface area contributed by atoms with Crippen LogP contribution in [0.4, 0.5) is 4.79 Å². The molecule has 1 unspecified atom stereocenters. The summed E-state index contributed by atoms with van der Waals surface area (Å²) in [6, 6.07) is 2.68. The summed E-state index contributed by atoms with van der Waals surface area (Å²) in [5, 5.41) is 5.79. The maximum Gasteiger partial charge on any atom is 0.410 e. The predicted molar refractivity (Wildman–Crippen MR) is 91.5 cm³/mol. The first kappa shape index (κ1) is 17.3. The van der Waals surface area contributed by atoms with Gasteiger partial charge in [-0.3, -0.25) is 0 Å². The molecule has 1 aromatic heterocycles. The number of amides is 1. The van der Waals surface area contributed by atoms with Crippen LogP contribution in [-0.2, 0) is 11.2 Å². The Morgan fingerprint density at radius 2 is 2.27 bits per heavy atom. The molecule has 1 aliphatic rings. The predicted octanol–water partition coefficient (Wildman–Crippen LogP) is 3.97. The van der Waals surface area contributed by atoms with E-state index in [1.807, 2.05) is 39.0 Å². The number of likely N-dealkylation sites (N-methyl/N-ethyl adjacent to an activating group) is 1. The first-order chi connectivity index (χ1) is 10.4. The van der Waals surface area contributed by atoms with E-state index in [-0.39, 0.29) is 6.09 Å². The van der Waals surface area contributed by atoms with Crippen molar-refractivity contribution >= 4 is 17.4 Å². The van der Waals surface area contributed by atoms with Crippen LogP contribution in [-0.4, -0.2) is 36.2 Å². The Labute approximate surface area is 137 Å². The van der Waals surface area contributed by atoms with Gasteiger partial charge in [0.25, 0.3) is 0 Å². The molecule has 0 aromatic carbocycles. The Morgan fingerprint density at radius 3 is 2.95 bits per heavy atom. The van der Waals surface area contributed by atoms with Gasteiger partial charge in [-0.1, -0.05) is 0 Å². The van der Waals surface area contributed by atoms with Gasteiger partial charge in [0, 0.05) is 30.6 Å². The molecule has 0 bridgehead atoms. The van der Waals surface area contributed by atoms with E-state index in [1.54, 1.807) is 4.90 Å². The summed E-state index contributed by atoms with van der Waals surface area (Å²) in [5.74, 6) is 0. The van der Waals surface area contributed by atoms with E-state index in [0.29, 0.717) is 19.1 Å². The quantitative estimate of drug-likeness (QED) is 0.891. The van der Waals surface area contributed by atoms with Gasteiger partial charge in [-0.25, -0.2) is 4.79 Å². The molecule has 1 aromatic rings. The Balaban J connectivity index is 1.81. The Hall–Kier alpha value is -1.07. The molecule has 1 aliphatic carbocycles. The molecule has 1 atom stereocenters. The fraction of sp³-hybridized carbons (Fsp3) is 0.706. The molecule has 5 heteroatoms. The summed E-state index contributed by atoms with van der Waals surface area (Å²) in [6.45, 7) is 9.84. The number of aryl methyl sites for hydroxylation is 1. The first-order valence-electron chi connectivity index (χ1n) is 8.18. The van der Waals surface area contributed by atoms with E-state index in [9.17, 15) is 4.79 Å². The molecule has 0 fully saturated rings. The van der Waals surface area contributed by atoms with Crippen molar-refractivity contribution in [3.05, 3.63) is 21.9 Å². The summed E-state index contributed by atoms with van der Waals surface area (Å²) in [6.07, 6.45) is 3.41. The Morgan fingerprint density at radius 1 is 1.50 bits per heavy atom. The third-order valence-corrected chi connectivity index (χ3v) is 4.85. The molecule has 1 amide bonds. The van der Waals surface area contributed by atoms with Gasteiger partial charge in [-0.2, -0.15) is 0 Å². The third-order valence-electron chi connectivity index (χ3n) is 3.86. The highest BCUT2D eigenvalue weighted by Gasteiger charge is 2.23. The number of fused-ring (bicyclic) bond motifs is 1. The lowest BCUT2D eigenvalue weighted by Crippen LogP contribution is -2.41. The number of carbonyl (C=O) groups excluding carboxylic acids is 1. The molecule has 1 N–H and O–H groups in total. The van der Waals surface area contributed by atoms with Crippen molar-refractivity contribution in [1.29, 1.82) is 0 Å². The van der Waals surface area contributed by atoms with Crippen molar-refractivity contribution in [3.63, 3.8) is 0 Å². The zero-order chi connectivity index (χ0) is 16.2. The van der Waals surface area contributed by atoms with Crippen molar-refractivity contribution in [2.24, 2.45) is 0 Å². The van der Waals surface area contributed by atoms with E-state index in [0.717, 1.165) is 6.54 Å². The van der Waals surface area contributed by atoms with Crippen LogP contribution in [0.2, 0.25) is 0 Å². The Bertz CT molecular complexity index is 493. The van der Waals surface area contributed by atoms with Gasteiger partial charge in [-0.05, 0) is 64.0 Å². The van der Waals surface area contributed by atoms with Crippen LogP contribution in [0.5, 0.6) is 0 Å². The Kier molecular flexibility index (Phi) is 5.87. The van der Waals surface area contributed by atoms with Gasteiger partial charge in [0.05, 0.1) is 0 Å². The minimum Gasteiger partial charge on any atom is -0.444 e. The molecule has 0 aliphatic heterocycles. The normalized spacial score (nSPS) is 17.9. The minimum absolute atomic E-state index is 0.225. The average Bonchev–Trinajstić information content (AvgIpc) is 2.90. The number of carbonyl (C=O) groups is 1. The SMILES string of the molecule is CCN(CCNC1CCCc2sccc21)C(=O)OC(C)(C)C. The van der Waals surface area contributed by atoms with Crippen LogP contribution < -0.4 is 5.32 Å². The van der Waals surface area contributed by atoms with Crippen molar-refractivity contribution in [2.75, 3.05) is 19.6 Å². The standard InChI is InChI=1S/C17H28N2O2S/c1-5-19(16(20)21-17(2,3)4)11-10-18-14-7-6-8-15-13(14)9-12-22-15/h9,12,14,18H,5-8,10-11H2,1-4H3. The number of nitrogens with one attached hydrogen (secondary N) is 1. The number of ether oxygens (including phenoxy) is 1. The number of rotatable bonds is 5. The van der Waals surface area contributed by atoms with Gasteiger partial charge in [0.15, 0.2) is 0 Å². The van der Waals surface area contributed by atoms with E-state index in [4.69, 9.17) is 4.74 Å². The summed E-state index contributed by atoms with van der Waals surface area (Å²) < 4.78 is 5.44. The van der Waals surface area contributed by atoms with Crippen LogP contribution in [0.1, 0.15) is 57.0 Å². The highest BCUT2D eigenvalue weighted by Crippen LogP contribution is 2.33. The lowest BCUT2D eigenvalue weighted by atomic mass is 9.94. The van der Waals surface area contributed by atoms with E-state index in [2.05, 4.69) is 16.8 Å². The second kappa shape index (κ2) is 7.47. The van der Waals surface area contributed by atoms with Crippen LogP contribution >= 0.6 is 11.3 Å². The second-order valence-electron chi connectivity index (χ2n) is 6.76. The molecule has 124 valence electrons. The minimum atomic E-state index is -0.438. The van der Waals surface area contributed by atoms with Crippen LogP contribution in [0, 0.1) is 0 Å². The highest BCUT2D eigenvalue weighted by molar-refractivity contribution is 7.10. The number of thiophene rings is 1. The summed E-state index contributed by atoms with van der Waals surface area (Å²) in [4.78, 5) is 15.4. The van der Waals surface area contributed by atoms with E-state index >= 15 is 0 Å². The van der Waals surface area contributed by atoms with Gasteiger partial charge in [0.1, 0.15) is 5.60 Å². The zero-order valence-corrected chi connectivity index (χ0v) is 15.0. The fourth-order valence-electron chi connectivity index (χ4n) is 2.78. The monoisotopic (exact) mass is 324 g/mol. The lowest BCUT2D eigenvalue weighted by molar-refractivity contribution is 0.0260. The molecule has 1 heterocycles. The summed E-state index contributed by atoms with van der Waals surface area (Å²) in [5.41, 5.74) is 1.02. The summed E-state index contributed by atoms with van der Waals surface area (Å²) >= 11 is 1.86. The van der Waals surface area contributed by atoms with Gasteiger partial charge >= 0.3 is 6.09 Å². The largest absolute Gasteiger partial charge is 0.444 e. The molecule has 0 saturated heterocycles. The molecule has 0 radical (unpaired) electrons. The van der Waals surface area contributed by atoms with Gasteiger partial charge in [-0.15, -0.1) is 11.3 Å². The topological polar surface area (TPSA) is 41.6 Å².